The van der Waals surface area contributed by atoms with Crippen molar-refractivity contribution in [2.75, 3.05) is 26.2 Å². The fourth-order valence-electron chi connectivity index (χ4n) is 3.04. The van der Waals surface area contributed by atoms with Crippen LogP contribution in [0, 0.1) is 5.92 Å². The minimum absolute atomic E-state index is 0. The normalized spacial score (nSPS) is 15.6. The molecule has 1 aliphatic heterocycles. The molecule has 2 rings (SSSR count). The fraction of sp³-hybridized carbons (Fsp3) is 0.579. The van der Waals surface area contributed by atoms with E-state index in [0.29, 0.717) is 11.9 Å². The number of piperidine rings is 1. The first-order chi connectivity index (χ1) is 11.7. The van der Waals surface area contributed by atoms with E-state index in [1.807, 2.05) is 11.0 Å². The number of guanidine groups is 1. The molecular formula is C19H31IN4O. The molecular weight excluding hydrogens is 427 g/mol. The van der Waals surface area contributed by atoms with Crippen LogP contribution in [0.4, 0.5) is 0 Å². The van der Waals surface area contributed by atoms with E-state index >= 15 is 0 Å². The molecule has 25 heavy (non-hydrogen) atoms. The second-order valence-electron chi connectivity index (χ2n) is 6.50. The third-order valence-electron chi connectivity index (χ3n) is 4.56. The fourth-order valence-corrected chi connectivity index (χ4v) is 3.04. The van der Waals surface area contributed by atoms with E-state index in [1.165, 1.54) is 5.56 Å². The van der Waals surface area contributed by atoms with E-state index < -0.39 is 0 Å². The number of aliphatic imine (C=N–C) groups is 1. The highest BCUT2D eigenvalue weighted by Crippen LogP contribution is 2.21. The molecule has 1 amide bonds. The van der Waals surface area contributed by atoms with Gasteiger partial charge in [-0.05, 0) is 37.2 Å². The number of carbonyl (C=O) groups excluding carboxylic acids is 1. The maximum atomic E-state index is 12.2. The summed E-state index contributed by atoms with van der Waals surface area (Å²) >= 11 is 0. The largest absolute Gasteiger partial charge is 0.370 e. The molecule has 1 fully saturated rings. The van der Waals surface area contributed by atoms with Crippen LogP contribution in [0.1, 0.15) is 38.2 Å². The van der Waals surface area contributed by atoms with Gasteiger partial charge in [-0.25, -0.2) is 4.99 Å². The Labute approximate surface area is 168 Å². The van der Waals surface area contributed by atoms with Gasteiger partial charge in [0.1, 0.15) is 6.54 Å². The van der Waals surface area contributed by atoms with E-state index in [1.54, 1.807) is 0 Å². The molecule has 1 aromatic carbocycles. The number of rotatable bonds is 7. The van der Waals surface area contributed by atoms with Crippen LogP contribution in [0.25, 0.3) is 0 Å². The Morgan fingerprint density at radius 3 is 2.60 bits per heavy atom. The third kappa shape index (κ3) is 8.07. The molecule has 0 saturated carbocycles. The van der Waals surface area contributed by atoms with E-state index in [9.17, 15) is 4.79 Å². The molecule has 0 radical (unpaired) electrons. The number of benzene rings is 1. The molecule has 0 spiro atoms. The van der Waals surface area contributed by atoms with Gasteiger partial charge >= 0.3 is 0 Å². The van der Waals surface area contributed by atoms with Crippen molar-refractivity contribution in [3.8, 4) is 0 Å². The van der Waals surface area contributed by atoms with Gasteiger partial charge in [0.05, 0.1) is 0 Å². The number of carbonyl (C=O) groups is 1. The average Bonchev–Trinajstić information content (AvgIpc) is 2.61. The summed E-state index contributed by atoms with van der Waals surface area (Å²) in [6.45, 7) is 4.74. The molecule has 1 heterocycles. The van der Waals surface area contributed by atoms with Crippen molar-refractivity contribution in [3.63, 3.8) is 0 Å². The SMILES string of the molecule is CCCCNC(N)=NCC(=O)N1CCC(Cc2ccccc2)CC1.I. The maximum absolute atomic E-state index is 12.2. The third-order valence-corrected chi connectivity index (χ3v) is 4.56. The van der Waals surface area contributed by atoms with Gasteiger partial charge in [-0.3, -0.25) is 4.79 Å². The zero-order valence-electron chi connectivity index (χ0n) is 15.1. The highest BCUT2D eigenvalue weighted by molar-refractivity contribution is 14.0. The molecule has 1 saturated heterocycles. The molecule has 0 aliphatic carbocycles. The molecule has 0 atom stereocenters. The predicted molar refractivity (Wildman–Crippen MR) is 114 cm³/mol. The maximum Gasteiger partial charge on any atom is 0.244 e. The summed E-state index contributed by atoms with van der Waals surface area (Å²) in [5.74, 6) is 1.12. The second-order valence-corrected chi connectivity index (χ2v) is 6.50. The van der Waals surface area contributed by atoms with E-state index in [2.05, 4.69) is 41.5 Å². The molecule has 0 unspecified atom stereocenters. The minimum Gasteiger partial charge on any atom is -0.370 e. The van der Waals surface area contributed by atoms with Crippen molar-refractivity contribution >= 4 is 35.8 Å². The van der Waals surface area contributed by atoms with Crippen LogP contribution in [-0.4, -0.2) is 42.9 Å². The van der Waals surface area contributed by atoms with Gasteiger partial charge < -0.3 is 16.0 Å². The van der Waals surface area contributed by atoms with Gasteiger partial charge in [0.25, 0.3) is 0 Å². The quantitative estimate of drug-likeness (QED) is 0.286. The first-order valence-corrected chi connectivity index (χ1v) is 9.04. The Bertz CT molecular complexity index is 527. The molecule has 0 bridgehead atoms. The Hall–Kier alpha value is -1.31. The topological polar surface area (TPSA) is 70.7 Å². The van der Waals surface area contributed by atoms with Crippen LogP contribution >= 0.6 is 24.0 Å². The Morgan fingerprint density at radius 1 is 1.28 bits per heavy atom. The number of amides is 1. The average molecular weight is 458 g/mol. The first-order valence-electron chi connectivity index (χ1n) is 9.04. The number of nitrogens with zero attached hydrogens (tertiary/aromatic N) is 2. The standard InChI is InChI=1S/C19H30N4O.HI/c1-2-3-11-21-19(20)22-15-18(24)23-12-9-17(10-13-23)14-16-7-5-4-6-8-16;/h4-8,17H,2-3,9-15H2,1H3,(H3,20,21,22);1H. The van der Waals surface area contributed by atoms with Crippen molar-refractivity contribution in [3.05, 3.63) is 35.9 Å². The number of likely N-dealkylation sites (tertiary alicyclic amines) is 1. The molecule has 140 valence electrons. The van der Waals surface area contributed by atoms with Crippen LogP contribution in [0.5, 0.6) is 0 Å². The number of halogens is 1. The number of hydrogen-bond donors (Lipinski definition) is 2. The van der Waals surface area contributed by atoms with Crippen molar-refractivity contribution in [1.82, 2.24) is 10.2 Å². The van der Waals surface area contributed by atoms with E-state index in [0.717, 1.165) is 51.7 Å². The number of nitrogens with two attached hydrogens (primary N) is 1. The molecule has 1 aromatic rings. The summed E-state index contributed by atoms with van der Waals surface area (Å²) in [7, 11) is 0. The van der Waals surface area contributed by atoms with Crippen molar-refractivity contribution < 1.29 is 4.79 Å². The highest BCUT2D eigenvalue weighted by atomic mass is 127. The summed E-state index contributed by atoms with van der Waals surface area (Å²) in [6, 6.07) is 10.6. The van der Waals surface area contributed by atoms with Crippen molar-refractivity contribution in [2.24, 2.45) is 16.6 Å². The Balaban J connectivity index is 0.00000312. The van der Waals surface area contributed by atoms with Crippen LogP contribution in [0.15, 0.2) is 35.3 Å². The Kier molecular flexibility index (Phi) is 10.5. The zero-order chi connectivity index (χ0) is 17.2. The Morgan fingerprint density at radius 2 is 1.96 bits per heavy atom. The molecule has 6 heteroatoms. The summed E-state index contributed by atoms with van der Waals surface area (Å²) in [4.78, 5) is 18.3. The molecule has 1 aliphatic rings. The molecule has 3 N–H and O–H groups in total. The lowest BCUT2D eigenvalue weighted by Gasteiger charge is -2.31. The van der Waals surface area contributed by atoms with Crippen LogP contribution in [0.3, 0.4) is 0 Å². The monoisotopic (exact) mass is 458 g/mol. The number of unbranched alkanes of at least 4 members (excludes halogenated alkanes) is 1. The number of nitrogens with one attached hydrogen (secondary N) is 1. The van der Waals surface area contributed by atoms with E-state index in [4.69, 9.17) is 5.73 Å². The predicted octanol–water partition coefficient (Wildman–Crippen LogP) is 2.79. The highest BCUT2D eigenvalue weighted by Gasteiger charge is 2.22. The van der Waals surface area contributed by atoms with Crippen LogP contribution < -0.4 is 11.1 Å². The van der Waals surface area contributed by atoms with Gasteiger partial charge in [-0.1, -0.05) is 43.7 Å². The smallest absolute Gasteiger partial charge is 0.244 e. The summed E-state index contributed by atoms with van der Waals surface area (Å²) < 4.78 is 0. The lowest BCUT2D eigenvalue weighted by atomic mass is 9.90. The molecule has 0 aromatic heterocycles. The van der Waals surface area contributed by atoms with Gasteiger partial charge in [0.2, 0.25) is 5.91 Å². The summed E-state index contributed by atoms with van der Waals surface area (Å²) in [6.07, 6.45) is 5.40. The zero-order valence-corrected chi connectivity index (χ0v) is 17.4. The number of hydrogen-bond acceptors (Lipinski definition) is 2. The molecule has 5 nitrogen and oxygen atoms in total. The second kappa shape index (κ2) is 12.1. The summed E-state index contributed by atoms with van der Waals surface area (Å²) in [5.41, 5.74) is 7.16. The van der Waals surface area contributed by atoms with Crippen molar-refractivity contribution in [2.45, 2.75) is 39.0 Å². The van der Waals surface area contributed by atoms with Gasteiger partial charge in [-0.15, -0.1) is 24.0 Å². The van der Waals surface area contributed by atoms with Crippen LogP contribution in [0.2, 0.25) is 0 Å². The van der Waals surface area contributed by atoms with Crippen LogP contribution in [-0.2, 0) is 11.2 Å². The first kappa shape index (κ1) is 21.7. The minimum atomic E-state index is 0. The van der Waals surface area contributed by atoms with Gasteiger partial charge in [0.15, 0.2) is 5.96 Å². The van der Waals surface area contributed by atoms with Crippen molar-refractivity contribution in [1.29, 1.82) is 0 Å². The van der Waals surface area contributed by atoms with Gasteiger partial charge in [-0.2, -0.15) is 0 Å². The summed E-state index contributed by atoms with van der Waals surface area (Å²) in [5, 5.41) is 3.03. The van der Waals surface area contributed by atoms with E-state index in [-0.39, 0.29) is 36.4 Å². The lowest BCUT2D eigenvalue weighted by Crippen LogP contribution is -2.41. The lowest BCUT2D eigenvalue weighted by molar-refractivity contribution is -0.130. The van der Waals surface area contributed by atoms with Gasteiger partial charge in [0, 0.05) is 19.6 Å².